The first-order valence-corrected chi connectivity index (χ1v) is 6.13. The van der Waals surface area contributed by atoms with Gasteiger partial charge in [-0.05, 0) is 28.3 Å². The Hall–Kier alpha value is -1.04. The number of primary amides is 1. The van der Waals surface area contributed by atoms with Crippen LogP contribution in [0.3, 0.4) is 0 Å². The summed E-state index contributed by atoms with van der Waals surface area (Å²) in [6.45, 7) is 5.20. The van der Waals surface area contributed by atoms with Gasteiger partial charge in [0.25, 0.3) is 5.91 Å². The molecule has 1 amide bonds. The highest BCUT2D eigenvalue weighted by atomic mass is 79.9. The maximum Gasteiger partial charge on any atom is 0.270 e. The highest BCUT2D eigenvalue weighted by Gasteiger charge is 2.28. The third-order valence-corrected chi connectivity index (χ3v) is 3.65. The van der Waals surface area contributed by atoms with E-state index in [-0.39, 0.29) is 0 Å². The van der Waals surface area contributed by atoms with E-state index < -0.39 is 5.91 Å². The van der Waals surface area contributed by atoms with E-state index in [4.69, 9.17) is 5.73 Å². The highest BCUT2D eigenvalue weighted by Crippen LogP contribution is 2.35. The molecule has 1 aromatic rings. The van der Waals surface area contributed by atoms with Crippen LogP contribution < -0.4 is 11.1 Å². The highest BCUT2D eigenvalue weighted by molar-refractivity contribution is 9.10. The second kappa shape index (κ2) is 4.08. The van der Waals surface area contributed by atoms with Gasteiger partial charge in [0.2, 0.25) is 0 Å². The van der Waals surface area contributed by atoms with Gasteiger partial charge in [-0.1, -0.05) is 13.8 Å². The number of aromatic nitrogens is 2. The van der Waals surface area contributed by atoms with Gasteiger partial charge < -0.3 is 11.1 Å². The Morgan fingerprint density at radius 1 is 1.69 bits per heavy atom. The fourth-order valence-corrected chi connectivity index (χ4v) is 2.64. The molecule has 0 fully saturated rings. The van der Waals surface area contributed by atoms with Gasteiger partial charge in [0.1, 0.15) is 5.82 Å². The van der Waals surface area contributed by atoms with Crippen LogP contribution >= 0.6 is 15.9 Å². The molecule has 1 atom stereocenters. The predicted octanol–water partition coefficient (Wildman–Crippen LogP) is 1.76. The largest absolute Gasteiger partial charge is 0.369 e. The molecule has 16 heavy (non-hydrogen) atoms. The van der Waals surface area contributed by atoms with Gasteiger partial charge in [-0.15, -0.1) is 0 Å². The maximum absolute atomic E-state index is 11.2. The first kappa shape index (κ1) is 11.4. The topological polar surface area (TPSA) is 72.9 Å². The Labute approximate surface area is 103 Å². The van der Waals surface area contributed by atoms with Crippen LogP contribution in [0.1, 0.15) is 36.8 Å². The normalized spacial score (nSPS) is 19.4. The van der Waals surface area contributed by atoms with Gasteiger partial charge in [0.05, 0.1) is 10.5 Å². The van der Waals surface area contributed by atoms with Crippen LogP contribution in [0.5, 0.6) is 0 Å². The number of nitrogens with one attached hydrogen (secondary N) is 1. The average molecular weight is 287 g/mol. The molecule has 1 aliphatic rings. The Kier molecular flexibility index (Phi) is 2.92. The quantitative estimate of drug-likeness (QED) is 0.870. The lowest BCUT2D eigenvalue weighted by atomic mass is 10.00. The molecule has 0 aromatic carbocycles. The van der Waals surface area contributed by atoms with Crippen molar-refractivity contribution in [2.45, 2.75) is 26.3 Å². The summed E-state index contributed by atoms with van der Waals surface area (Å²) in [5.41, 5.74) is 5.58. The third kappa shape index (κ3) is 1.71. The molecule has 0 bridgehead atoms. The van der Waals surface area contributed by atoms with E-state index in [1.165, 1.54) is 0 Å². The van der Waals surface area contributed by atoms with Crippen molar-refractivity contribution in [2.75, 3.05) is 11.9 Å². The molecule has 6 heteroatoms. The molecule has 1 aromatic heterocycles. The third-order valence-electron chi connectivity index (χ3n) is 2.90. The van der Waals surface area contributed by atoms with Crippen molar-refractivity contribution in [3.05, 3.63) is 10.2 Å². The van der Waals surface area contributed by atoms with Crippen molar-refractivity contribution in [3.63, 3.8) is 0 Å². The molecular weight excluding hydrogens is 272 g/mol. The number of carbonyl (C=O) groups is 1. The summed E-state index contributed by atoms with van der Waals surface area (Å²) in [6, 6.07) is 0.320. The number of carbonyl (C=O) groups excluding carboxylic acids is 1. The molecule has 88 valence electrons. The number of nitrogens with two attached hydrogens (primary N) is 1. The Morgan fingerprint density at radius 3 is 2.94 bits per heavy atom. The fourth-order valence-electron chi connectivity index (χ4n) is 2.05. The number of fused-ring (bicyclic) bond motifs is 1. The first-order chi connectivity index (χ1) is 7.52. The van der Waals surface area contributed by atoms with Gasteiger partial charge >= 0.3 is 0 Å². The summed E-state index contributed by atoms with van der Waals surface area (Å²) in [5.74, 6) is 0.838. The average Bonchev–Trinajstić information content (AvgIpc) is 2.56. The molecule has 3 N–H and O–H groups in total. The smallest absolute Gasteiger partial charge is 0.270 e. The summed E-state index contributed by atoms with van der Waals surface area (Å²) in [4.78, 5) is 11.2. The minimum absolute atomic E-state index is 0.301. The van der Waals surface area contributed by atoms with Crippen molar-refractivity contribution in [1.82, 2.24) is 9.78 Å². The predicted molar refractivity (Wildman–Crippen MR) is 65.4 cm³/mol. The van der Waals surface area contributed by atoms with Gasteiger partial charge in [-0.3, -0.25) is 4.79 Å². The zero-order valence-electron chi connectivity index (χ0n) is 9.33. The minimum Gasteiger partial charge on any atom is -0.369 e. The molecular formula is C10H15BrN4O. The van der Waals surface area contributed by atoms with E-state index in [0.29, 0.717) is 22.1 Å². The number of amides is 1. The molecule has 0 saturated carbocycles. The van der Waals surface area contributed by atoms with Crippen LogP contribution in [0, 0.1) is 5.92 Å². The van der Waals surface area contributed by atoms with E-state index in [0.717, 1.165) is 18.8 Å². The molecule has 2 rings (SSSR count). The molecule has 2 heterocycles. The summed E-state index contributed by atoms with van der Waals surface area (Å²) in [5, 5.41) is 7.52. The van der Waals surface area contributed by atoms with Crippen molar-refractivity contribution in [2.24, 2.45) is 11.7 Å². The lowest BCUT2D eigenvalue weighted by molar-refractivity contribution is 0.0993. The summed E-state index contributed by atoms with van der Waals surface area (Å²) < 4.78 is 2.54. The number of halogens is 1. The fraction of sp³-hybridized carbons (Fsp3) is 0.600. The molecule has 1 unspecified atom stereocenters. The molecule has 1 aliphatic heterocycles. The molecule has 5 nitrogen and oxygen atoms in total. The Morgan fingerprint density at radius 2 is 2.38 bits per heavy atom. The Balaban J connectivity index is 2.50. The number of hydrogen-bond acceptors (Lipinski definition) is 3. The van der Waals surface area contributed by atoms with Crippen LogP contribution in [0.15, 0.2) is 4.47 Å². The lowest BCUT2D eigenvalue weighted by Gasteiger charge is -2.28. The summed E-state index contributed by atoms with van der Waals surface area (Å²) >= 11 is 3.37. The van der Waals surface area contributed by atoms with Crippen LogP contribution in [0.2, 0.25) is 0 Å². The molecule has 0 spiro atoms. The minimum atomic E-state index is -0.502. The second-order valence-corrected chi connectivity index (χ2v) is 5.14. The van der Waals surface area contributed by atoms with E-state index in [2.05, 4.69) is 40.2 Å². The SMILES string of the molecule is CC(C)C1CCNc2c(Br)c(C(N)=O)nn21. The van der Waals surface area contributed by atoms with Crippen molar-refractivity contribution >= 4 is 27.7 Å². The van der Waals surface area contributed by atoms with Crippen LogP contribution in [0.25, 0.3) is 0 Å². The van der Waals surface area contributed by atoms with Crippen molar-refractivity contribution in [1.29, 1.82) is 0 Å². The van der Waals surface area contributed by atoms with E-state index in [1.54, 1.807) is 0 Å². The number of anilines is 1. The molecule has 0 aliphatic carbocycles. The molecule has 0 radical (unpaired) electrons. The zero-order chi connectivity index (χ0) is 11.9. The zero-order valence-corrected chi connectivity index (χ0v) is 10.9. The van der Waals surface area contributed by atoms with Gasteiger partial charge in [-0.2, -0.15) is 5.10 Å². The van der Waals surface area contributed by atoms with Gasteiger partial charge in [0.15, 0.2) is 5.69 Å². The number of rotatable bonds is 2. The Bertz CT molecular complexity index is 427. The molecule has 0 saturated heterocycles. The van der Waals surface area contributed by atoms with E-state index in [1.807, 2.05) is 4.68 Å². The number of hydrogen-bond donors (Lipinski definition) is 2. The monoisotopic (exact) mass is 286 g/mol. The van der Waals surface area contributed by atoms with Crippen molar-refractivity contribution in [3.8, 4) is 0 Å². The summed E-state index contributed by atoms with van der Waals surface area (Å²) in [6.07, 6.45) is 1.01. The van der Waals surface area contributed by atoms with E-state index >= 15 is 0 Å². The van der Waals surface area contributed by atoms with Crippen LogP contribution in [-0.2, 0) is 0 Å². The standard InChI is InChI=1S/C10H15BrN4O/c1-5(2)6-3-4-13-10-7(11)8(9(12)16)14-15(6)10/h5-6,13H,3-4H2,1-2H3,(H2,12,16). The van der Waals surface area contributed by atoms with Crippen LogP contribution in [0.4, 0.5) is 5.82 Å². The van der Waals surface area contributed by atoms with Crippen LogP contribution in [-0.4, -0.2) is 22.2 Å². The van der Waals surface area contributed by atoms with Gasteiger partial charge in [0, 0.05) is 6.54 Å². The second-order valence-electron chi connectivity index (χ2n) is 4.35. The lowest BCUT2D eigenvalue weighted by Crippen LogP contribution is -2.27. The first-order valence-electron chi connectivity index (χ1n) is 5.34. The van der Waals surface area contributed by atoms with E-state index in [9.17, 15) is 4.79 Å². The van der Waals surface area contributed by atoms with Gasteiger partial charge in [-0.25, -0.2) is 4.68 Å². The maximum atomic E-state index is 11.2. The van der Waals surface area contributed by atoms with Crippen molar-refractivity contribution < 1.29 is 4.79 Å². The summed E-state index contributed by atoms with van der Waals surface area (Å²) in [7, 11) is 0. The number of nitrogens with zero attached hydrogens (tertiary/aromatic N) is 2.